The fourth-order valence-corrected chi connectivity index (χ4v) is 3.83. The number of hydrogen-bond donors (Lipinski definition) is 1. The molecule has 0 aliphatic carbocycles. The van der Waals surface area contributed by atoms with Gasteiger partial charge < -0.3 is 5.32 Å². The minimum absolute atomic E-state index is 0.0958. The summed E-state index contributed by atoms with van der Waals surface area (Å²) in [5.41, 5.74) is 2.35. The molecule has 0 saturated carbocycles. The largest absolute Gasteiger partial charge is 0.306 e. The van der Waals surface area contributed by atoms with Crippen molar-refractivity contribution < 1.29 is 0 Å². The van der Waals surface area contributed by atoms with Gasteiger partial charge in [0.15, 0.2) is 0 Å². The minimum Gasteiger partial charge on any atom is -0.306 e. The molecule has 0 heterocycles. The van der Waals surface area contributed by atoms with E-state index in [2.05, 4.69) is 66.1 Å². The molecule has 0 aliphatic heterocycles. The number of hydrogen-bond acceptors (Lipinski definition) is 1. The van der Waals surface area contributed by atoms with Crippen LogP contribution in [0.3, 0.4) is 0 Å². The Kier molecular flexibility index (Phi) is 6.11. The van der Waals surface area contributed by atoms with Gasteiger partial charge in [-0.1, -0.05) is 72.4 Å². The van der Waals surface area contributed by atoms with Gasteiger partial charge in [0.25, 0.3) is 0 Å². The molecule has 2 aromatic carbocycles. The molecule has 5 heteroatoms. The molecule has 2 aromatic rings. The van der Waals surface area contributed by atoms with Crippen molar-refractivity contribution in [3.8, 4) is 0 Å². The number of nitrogens with one attached hydrogen (secondary N) is 1. The second kappa shape index (κ2) is 7.41. The maximum atomic E-state index is 6.03. The molecule has 1 N–H and O–H groups in total. The molecule has 0 fully saturated rings. The van der Waals surface area contributed by atoms with E-state index in [1.807, 2.05) is 30.3 Å². The Morgan fingerprint density at radius 1 is 1.00 bits per heavy atom. The topological polar surface area (TPSA) is 12.0 Å². The Bertz CT molecular complexity index is 616. The van der Waals surface area contributed by atoms with Gasteiger partial charge in [0.2, 0.25) is 0 Å². The second-order valence-electron chi connectivity index (χ2n) is 4.32. The quantitative estimate of drug-likeness (QED) is 0.538. The summed E-state index contributed by atoms with van der Waals surface area (Å²) in [6.07, 6.45) is 0. The monoisotopic (exact) mass is 479 g/mol. The van der Waals surface area contributed by atoms with Crippen molar-refractivity contribution >= 4 is 59.4 Å². The summed E-state index contributed by atoms with van der Waals surface area (Å²) in [5.74, 6) is 0. The first kappa shape index (κ1) is 16.5. The Morgan fingerprint density at radius 2 is 1.75 bits per heavy atom. The van der Waals surface area contributed by atoms with E-state index in [9.17, 15) is 0 Å². The maximum absolute atomic E-state index is 6.03. The highest BCUT2D eigenvalue weighted by Crippen LogP contribution is 2.35. The number of halogens is 4. The van der Waals surface area contributed by atoms with Crippen LogP contribution in [0.15, 0.2) is 49.8 Å². The van der Waals surface area contributed by atoms with Crippen LogP contribution < -0.4 is 5.32 Å². The van der Waals surface area contributed by atoms with E-state index >= 15 is 0 Å². The van der Waals surface area contributed by atoms with E-state index in [-0.39, 0.29) is 6.04 Å². The van der Waals surface area contributed by atoms with E-state index in [4.69, 9.17) is 11.6 Å². The second-order valence-corrected chi connectivity index (χ2v) is 7.38. The van der Waals surface area contributed by atoms with Gasteiger partial charge in [-0.25, -0.2) is 0 Å². The predicted molar refractivity (Wildman–Crippen MR) is 96.5 cm³/mol. The molecule has 0 amide bonds. The summed E-state index contributed by atoms with van der Waals surface area (Å²) >= 11 is 16.8. The van der Waals surface area contributed by atoms with Crippen LogP contribution in [-0.2, 0) is 0 Å². The van der Waals surface area contributed by atoms with Crippen molar-refractivity contribution in [1.82, 2.24) is 5.32 Å². The van der Waals surface area contributed by atoms with Crippen molar-refractivity contribution in [2.45, 2.75) is 13.0 Å². The molecule has 0 bridgehead atoms. The molecular weight excluding hydrogens is 469 g/mol. The molecule has 1 unspecified atom stereocenters. The highest BCUT2D eigenvalue weighted by molar-refractivity contribution is 9.11. The van der Waals surface area contributed by atoms with Crippen LogP contribution in [0.1, 0.15) is 24.1 Å². The number of rotatable bonds is 4. The number of benzene rings is 2. The van der Waals surface area contributed by atoms with E-state index in [1.54, 1.807) is 0 Å². The Hall–Kier alpha value is 0.130. The molecule has 1 nitrogen and oxygen atoms in total. The average Bonchev–Trinajstić information content (AvgIpc) is 2.40. The fraction of sp³-hybridized carbons (Fsp3) is 0.200. The molecule has 0 aliphatic rings. The lowest BCUT2D eigenvalue weighted by Gasteiger charge is -2.22. The zero-order valence-electron chi connectivity index (χ0n) is 10.8. The van der Waals surface area contributed by atoms with Gasteiger partial charge in [-0.05, 0) is 48.0 Å². The van der Waals surface area contributed by atoms with E-state index in [0.717, 1.165) is 30.5 Å². The van der Waals surface area contributed by atoms with Gasteiger partial charge in [0, 0.05) is 18.4 Å². The highest BCUT2D eigenvalue weighted by atomic mass is 79.9. The standard InChI is InChI=1S/C15H13Br3ClN/c1-2-20-15(11-5-4-10(19)8-14(11)18)12-7-9(16)3-6-13(12)17/h3-8,15,20H,2H2,1H3. The van der Waals surface area contributed by atoms with Gasteiger partial charge in [-0.2, -0.15) is 0 Å². The van der Waals surface area contributed by atoms with Crippen molar-refractivity contribution in [3.05, 3.63) is 66.0 Å². The fourth-order valence-electron chi connectivity index (χ4n) is 2.06. The van der Waals surface area contributed by atoms with E-state index < -0.39 is 0 Å². The van der Waals surface area contributed by atoms with Gasteiger partial charge >= 0.3 is 0 Å². The molecule has 2 rings (SSSR count). The lowest BCUT2D eigenvalue weighted by molar-refractivity contribution is 0.626. The SMILES string of the molecule is CCNC(c1ccc(Cl)cc1Br)c1cc(Br)ccc1Br. The van der Waals surface area contributed by atoms with Crippen LogP contribution in [0.4, 0.5) is 0 Å². The molecule has 0 radical (unpaired) electrons. The Labute approximate surface area is 149 Å². The third-order valence-corrected chi connectivity index (χ3v) is 5.09. The predicted octanol–water partition coefficient (Wildman–Crippen LogP) is 6.33. The van der Waals surface area contributed by atoms with Crippen LogP contribution >= 0.6 is 59.4 Å². The first-order valence-electron chi connectivity index (χ1n) is 6.16. The summed E-state index contributed by atoms with van der Waals surface area (Å²) in [7, 11) is 0. The van der Waals surface area contributed by atoms with Crippen molar-refractivity contribution in [2.24, 2.45) is 0 Å². The summed E-state index contributed by atoms with van der Waals surface area (Å²) in [4.78, 5) is 0. The smallest absolute Gasteiger partial charge is 0.0599 e. The molecule has 0 spiro atoms. The van der Waals surface area contributed by atoms with Gasteiger partial charge in [0.1, 0.15) is 0 Å². The molecule has 0 aromatic heterocycles. The first-order chi connectivity index (χ1) is 9.52. The molecule has 1 atom stereocenters. The zero-order chi connectivity index (χ0) is 14.7. The summed E-state index contributed by atoms with van der Waals surface area (Å²) < 4.78 is 3.14. The normalized spacial score (nSPS) is 12.4. The summed E-state index contributed by atoms with van der Waals surface area (Å²) in [6, 6.07) is 12.2. The maximum Gasteiger partial charge on any atom is 0.0599 e. The summed E-state index contributed by atoms with van der Waals surface area (Å²) in [6.45, 7) is 2.97. The third-order valence-electron chi connectivity index (χ3n) is 2.95. The van der Waals surface area contributed by atoms with Crippen LogP contribution in [0.2, 0.25) is 5.02 Å². The summed E-state index contributed by atoms with van der Waals surface area (Å²) in [5, 5.41) is 4.25. The van der Waals surface area contributed by atoms with Gasteiger partial charge in [-0.3, -0.25) is 0 Å². The lowest BCUT2D eigenvalue weighted by Crippen LogP contribution is -2.22. The molecule has 20 heavy (non-hydrogen) atoms. The van der Waals surface area contributed by atoms with Crippen LogP contribution in [0.25, 0.3) is 0 Å². The van der Waals surface area contributed by atoms with Crippen molar-refractivity contribution in [2.75, 3.05) is 6.54 Å². The van der Waals surface area contributed by atoms with Crippen molar-refractivity contribution in [1.29, 1.82) is 0 Å². The molecule has 0 saturated heterocycles. The van der Waals surface area contributed by atoms with Gasteiger partial charge in [0.05, 0.1) is 6.04 Å². The average molecular weight is 482 g/mol. The van der Waals surface area contributed by atoms with Crippen LogP contribution in [0, 0.1) is 0 Å². The van der Waals surface area contributed by atoms with Gasteiger partial charge in [-0.15, -0.1) is 0 Å². The highest BCUT2D eigenvalue weighted by Gasteiger charge is 2.18. The van der Waals surface area contributed by atoms with E-state index in [0.29, 0.717) is 0 Å². The molecule has 106 valence electrons. The first-order valence-corrected chi connectivity index (χ1v) is 8.92. The van der Waals surface area contributed by atoms with E-state index in [1.165, 1.54) is 5.56 Å². The van der Waals surface area contributed by atoms with Crippen molar-refractivity contribution in [3.63, 3.8) is 0 Å². The third kappa shape index (κ3) is 3.86. The molecular formula is C15H13Br3ClN. The van der Waals surface area contributed by atoms with Crippen LogP contribution in [0.5, 0.6) is 0 Å². The Balaban J connectivity index is 2.53. The lowest BCUT2D eigenvalue weighted by atomic mass is 9.99. The minimum atomic E-state index is 0.0958. The Morgan fingerprint density at radius 3 is 2.40 bits per heavy atom. The zero-order valence-corrected chi connectivity index (χ0v) is 16.3. The van der Waals surface area contributed by atoms with Crippen LogP contribution in [-0.4, -0.2) is 6.54 Å².